The third-order valence-electron chi connectivity index (χ3n) is 4.18. The number of aromatic nitrogens is 3. The molecule has 1 N–H and O–H groups in total. The van der Waals surface area contributed by atoms with Gasteiger partial charge in [0.05, 0.1) is 5.52 Å². The van der Waals surface area contributed by atoms with Crippen LogP contribution in [0.2, 0.25) is 0 Å². The van der Waals surface area contributed by atoms with Gasteiger partial charge in [-0.2, -0.15) is 0 Å². The van der Waals surface area contributed by atoms with Gasteiger partial charge >= 0.3 is 0 Å². The zero-order valence-corrected chi connectivity index (χ0v) is 13.9. The van der Waals surface area contributed by atoms with Gasteiger partial charge in [0.25, 0.3) is 0 Å². The first kappa shape index (κ1) is 15.3. The second-order valence-electron chi connectivity index (χ2n) is 5.93. The molecule has 122 valence electrons. The molecule has 0 saturated heterocycles. The average molecular weight is 326 g/mol. The van der Waals surface area contributed by atoms with E-state index in [0.29, 0.717) is 5.82 Å². The van der Waals surface area contributed by atoms with E-state index >= 15 is 0 Å². The van der Waals surface area contributed by atoms with Gasteiger partial charge in [0.15, 0.2) is 5.82 Å². The van der Waals surface area contributed by atoms with Crippen molar-refractivity contribution in [1.29, 1.82) is 0 Å². The first-order chi connectivity index (χ1) is 12.3. The van der Waals surface area contributed by atoms with E-state index in [4.69, 9.17) is 9.97 Å². The average Bonchev–Trinajstić information content (AvgIpc) is 2.69. The molecule has 25 heavy (non-hydrogen) atoms. The van der Waals surface area contributed by atoms with Crippen LogP contribution >= 0.6 is 0 Å². The Bertz CT molecular complexity index is 984. The number of nitrogens with zero attached hydrogens (tertiary/aromatic N) is 3. The van der Waals surface area contributed by atoms with Crippen molar-refractivity contribution in [3.05, 3.63) is 84.7 Å². The SMILES string of the molecule is C[C@@H](Nc1nc(-c2cccnc2)nc2ccccc12)c1ccccc1. The Morgan fingerprint density at radius 3 is 2.44 bits per heavy atom. The maximum Gasteiger partial charge on any atom is 0.163 e. The van der Waals surface area contributed by atoms with Crippen molar-refractivity contribution in [3.8, 4) is 11.4 Å². The fourth-order valence-corrected chi connectivity index (χ4v) is 2.84. The Kier molecular flexibility index (Phi) is 4.09. The number of para-hydroxylation sites is 1. The van der Waals surface area contributed by atoms with E-state index in [9.17, 15) is 0 Å². The lowest BCUT2D eigenvalue weighted by molar-refractivity contribution is 0.876. The number of pyridine rings is 1. The molecule has 0 aliphatic carbocycles. The highest BCUT2D eigenvalue weighted by atomic mass is 15.1. The minimum atomic E-state index is 0.140. The fourth-order valence-electron chi connectivity index (χ4n) is 2.84. The number of anilines is 1. The number of benzene rings is 2. The summed E-state index contributed by atoms with van der Waals surface area (Å²) in [7, 11) is 0. The third kappa shape index (κ3) is 3.19. The van der Waals surface area contributed by atoms with E-state index in [-0.39, 0.29) is 6.04 Å². The first-order valence-corrected chi connectivity index (χ1v) is 8.30. The lowest BCUT2D eigenvalue weighted by atomic mass is 10.1. The van der Waals surface area contributed by atoms with Gasteiger partial charge in [-0.3, -0.25) is 4.98 Å². The van der Waals surface area contributed by atoms with Crippen molar-refractivity contribution in [3.63, 3.8) is 0 Å². The van der Waals surface area contributed by atoms with Gasteiger partial charge in [0.2, 0.25) is 0 Å². The van der Waals surface area contributed by atoms with Crippen LogP contribution in [0.4, 0.5) is 5.82 Å². The Balaban J connectivity index is 1.79. The Hall–Kier alpha value is -3.27. The van der Waals surface area contributed by atoms with Crippen molar-refractivity contribution >= 4 is 16.7 Å². The number of fused-ring (bicyclic) bond motifs is 1. The summed E-state index contributed by atoms with van der Waals surface area (Å²) in [6, 6.07) is 22.4. The molecule has 2 heterocycles. The van der Waals surface area contributed by atoms with Crippen molar-refractivity contribution in [2.24, 2.45) is 0 Å². The van der Waals surface area contributed by atoms with E-state index in [1.165, 1.54) is 5.56 Å². The van der Waals surface area contributed by atoms with Crippen LogP contribution < -0.4 is 5.32 Å². The largest absolute Gasteiger partial charge is 0.363 e. The van der Waals surface area contributed by atoms with Crippen LogP contribution in [0.3, 0.4) is 0 Å². The monoisotopic (exact) mass is 326 g/mol. The van der Waals surface area contributed by atoms with Crippen molar-refractivity contribution in [2.75, 3.05) is 5.32 Å². The summed E-state index contributed by atoms with van der Waals surface area (Å²) in [4.78, 5) is 13.6. The fraction of sp³-hybridized carbons (Fsp3) is 0.0952. The highest BCUT2D eigenvalue weighted by Gasteiger charge is 2.12. The maximum atomic E-state index is 4.77. The third-order valence-corrected chi connectivity index (χ3v) is 4.18. The normalized spacial score (nSPS) is 12.0. The smallest absolute Gasteiger partial charge is 0.163 e. The molecule has 0 aliphatic heterocycles. The molecular weight excluding hydrogens is 308 g/mol. The van der Waals surface area contributed by atoms with E-state index < -0.39 is 0 Å². The molecule has 0 bridgehead atoms. The zero-order valence-electron chi connectivity index (χ0n) is 13.9. The van der Waals surface area contributed by atoms with E-state index in [2.05, 4.69) is 29.4 Å². The van der Waals surface area contributed by atoms with E-state index in [0.717, 1.165) is 22.3 Å². The predicted octanol–water partition coefficient (Wildman–Crippen LogP) is 4.86. The number of rotatable bonds is 4. The van der Waals surface area contributed by atoms with Crippen molar-refractivity contribution < 1.29 is 0 Å². The molecule has 2 aromatic carbocycles. The van der Waals surface area contributed by atoms with Crippen molar-refractivity contribution in [2.45, 2.75) is 13.0 Å². The molecular formula is C21H18N4. The van der Waals surface area contributed by atoms with Gasteiger partial charge in [-0.05, 0) is 36.8 Å². The lowest BCUT2D eigenvalue weighted by Crippen LogP contribution is -2.09. The van der Waals surface area contributed by atoms with Crippen LogP contribution in [0, 0.1) is 0 Å². The van der Waals surface area contributed by atoms with E-state index in [1.807, 2.05) is 54.6 Å². The zero-order chi connectivity index (χ0) is 17.1. The van der Waals surface area contributed by atoms with Gasteiger partial charge in [-0.1, -0.05) is 42.5 Å². The summed E-state index contributed by atoms with van der Waals surface area (Å²) in [5, 5.41) is 4.55. The van der Waals surface area contributed by atoms with Crippen molar-refractivity contribution in [1.82, 2.24) is 15.0 Å². The Morgan fingerprint density at radius 2 is 1.64 bits per heavy atom. The molecule has 1 atom stereocenters. The second-order valence-corrected chi connectivity index (χ2v) is 5.93. The molecule has 4 heteroatoms. The Labute approximate surface area is 146 Å². The van der Waals surface area contributed by atoms with E-state index in [1.54, 1.807) is 12.4 Å². The molecule has 0 amide bonds. The van der Waals surface area contributed by atoms with Crippen LogP contribution in [0.5, 0.6) is 0 Å². The molecule has 2 aromatic heterocycles. The van der Waals surface area contributed by atoms with Gasteiger partial charge in [-0.15, -0.1) is 0 Å². The molecule has 0 unspecified atom stereocenters. The van der Waals surface area contributed by atoms with Crippen LogP contribution in [0.1, 0.15) is 18.5 Å². The highest BCUT2D eigenvalue weighted by Crippen LogP contribution is 2.27. The summed E-state index contributed by atoms with van der Waals surface area (Å²) < 4.78 is 0. The number of nitrogens with one attached hydrogen (secondary N) is 1. The quantitative estimate of drug-likeness (QED) is 0.581. The topological polar surface area (TPSA) is 50.7 Å². The summed E-state index contributed by atoms with van der Waals surface area (Å²) in [5.74, 6) is 1.51. The minimum absolute atomic E-state index is 0.140. The highest BCUT2D eigenvalue weighted by molar-refractivity contribution is 5.90. The standard InChI is InChI=1S/C21H18N4/c1-15(16-8-3-2-4-9-16)23-21-18-11-5-6-12-19(18)24-20(25-21)17-10-7-13-22-14-17/h2-15H,1H3,(H,23,24,25)/t15-/m1/s1. The van der Waals surface area contributed by atoms with Crippen LogP contribution in [0.15, 0.2) is 79.1 Å². The Morgan fingerprint density at radius 1 is 0.840 bits per heavy atom. The number of hydrogen-bond donors (Lipinski definition) is 1. The predicted molar refractivity (Wildman–Crippen MR) is 101 cm³/mol. The molecule has 0 radical (unpaired) electrons. The van der Waals surface area contributed by atoms with Crippen LogP contribution in [-0.4, -0.2) is 15.0 Å². The minimum Gasteiger partial charge on any atom is -0.363 e. The summed E-state index contributed by atoms with van der Waals surface area (Å²) >= 11 is 0. The lowest BCUT2D eigenvalue weighted by Gasteiger charge is -2.17. The molecule has 4 rings (SSSR count). The first-order valence-electron chi connectivity index (χ1n) is 8.30. The van der Waals surface area contributed by atoms with Crippen LogP contribution in [-0.2, 0) is 0 Å². The molecule has 0 spiro atoms. The van der Waals surface area contributed by atoms with Gasteiger partial charge < -0.3 is 5.32 Å². The summed E-state index contributed by atoms with van der Waals surface area (Å²) in [6.07, 6.45) is 3.54. The summed E-state index contributed by atoms with van der Waals surface area (Å²) in [5.41, 5.74) is 3.04. The van der Waals surface area contributed by atoms with Crippen LogP contribution in [0.25, 0.3) is 22.3 Å². The molecule has 0 aliphatic rings. The second kappa shape index (κ2) is 6.69. The van der Waals surface area contributed by atoms with Gasteiger partial charge in [0.1, 0.15) is 5.82 Å². The number of hydrogen-bond acceptors (Lipinski definition) is 4. The maximum absolute atomic E-state index is 4.77. The van der Waals surface area contributed by atoms with Gasteiger partial charge in [-0.25, -0.2) is 9.97 Å². The molecule has 0 saturated carbocycles. The molecule has 4 aromatic rings. The molecule has 4 nitrogen and oxygen atoms in total. The molecule has 0 fully saturated rings. The van der Waals surface area contributed by atoms with Gasteiger partial charge in [0, 0.05) is 29.4 Å². The summed E-state index contributed by atoms with van der Waals surface area (Å²) in [6.45, 7) is 2.13.